The lowest BCUT2D eigenvalue weighted by Crippen LogP contribution is -2.06. The minimum absolute atomic E-state index is 0.154. The van der Waals surface area contributed by atoms with Gasteiger partial charge in [0.25, 0.3) is 10.1 Å². The molecule has 0 saturated heterocycles. The van der Waals surface area contributed by atoms with Gasteiger partial charge in [0.05, 0.1) is 7.64 Å². The minimum atomic E-state index is -4.22. The zero-order chi connectivity index (χ0) is 13.1. The summed E-state index contributed by atoms with van der Waals surface area (Å²) in [6.07, 6.45) is 1.53. The Morgan fingerprint density at radius 1 is 1.57 bits per heavy atom. The summed E-state index contributed by atoms with van der Waals surface area (Å²) < 4.78 is 48.4. The molecule has 0 aliphatic rings. The first-order chi connectivity index (χ1) is 7.77. The van der Waals surface area contributed by atoms with Crippen molar-refractivity contribution in [3.63, 3.8) is 0 Å². The number of terminal acetylenes is 1. The SMILES string of the molecule is [2H]C#CC([2H])([2H])OS(=O)(=O)c1ccc(C)cc1. The van der Waals surface area contributed by atoms with Crippen molar-refractivity contribution in [1.82, 2.24) is 0 Å². The molecular formula is C10H10O3S. The molecule has 0 heterocycles. The Bertz CT molecular complexity index is 553. The van der Waals surface area contributed by atoms with Crippen molar-refractivity contribution in [2.24, 2.45) is 0 Å². The molecule has 0 atom stereocenters. The summed E-state index contributed by atoms with van der Waals surface area (Å²) in [6.45, 7) is -0.909. The van der Waals surface area contributed by atoms with Gasteiger partial charge in [-0.15, -0.1) is 6.40 Å². The zero-order valence-electron chi connectivity index (χ0n) is 10.4. The fourth-order valence-corrected chi connectivity index (χ4v) is 1.55. The van der Waals surface area contributed by atoms with Gasteiger partial charge in [0.2, 0.25) is 0 Å². The number of rotatable bonds is 3. The molecular weight excluding hydrogens is 200 g/mol. The maximum Gasteiger partial charge on any atom is 0.297 e. The van der Waals surface area contributed by atoms with Crippen LogP contribution in [0.2, 0.25) is 0 Å². The summed E-state index contributed by atoms with van der Waals surface area (Å²) in [5.41, 5.74) is 0.873. The Kier molecular flexibility index (Phi) is 2.15. The van der Waals surface area contributed by atoms with Crippen LogP contribution in [-0.2, 0) is 14.3 Å². The molecule has 0 aliphatic heterocycles. The van der Waals surface area contributed by atoms with Gasteiger partial charge in [-0.1, -0.05) is 23.6 Å². The van der Waals surface area contributed by atoms with Gasteiger partial charge in [-0.25, -0.2) is 0 Å². The van der Waals surface area contributed by atoms with Crippen LogP contribution in [0, 0.1) is 19.2 Å². The summed E-state index contributed by atoms with van der Waals surface area (Å²) in [6, 6.07) is 5.77. The molecule has 74 valence electrons. The summed E-state index contributed by atoms with van der Waals surface area (Å²) in [5, 5.41) is 0. The lowest BCUT2D eigenvalue weighted by molar-refractivity contribution is 0.363. The van der Waals surface area contributed by atoms with E-state index in [4.69, 9.17) is 4.11 Å². The van der Waals surface area contributed by atoms with Crippen molar-refractivity contribution >= 4 is 10.1 Å². The molecule has 1 aromatic carbocycles. The molecule has 1 rings (SSSR count). The average Bonchev–Trinajstić information content (AvgIpc) is 2.16. The van der Waals surface area contributed by atoms with E-state index in [1.807, 2.05) is 0 Å². The Morgan fingerprint density at radius 2 is 2.21 bits per heavy atom. The molecule has 0 radical (unpaired) electrons. The van der Waals surface area contributed by atoms with Gasteiger partial charge in [0, 0.05) is 0 Å². The molecule has 14 heavy (non-hydrogen) atoms. The van der Waals surface area contributed by atoms with Crippen LogP contribution in [0.25, 0.3) is 0 Å². The smallest absolute Gasteiger partial charge is 0.253 e. The van der Waals surface area contributed by atoms with Crippen molar-refractivity contribution in [2.45, 2.75) is 11.8 Å². The molecule has 0 fully saturated rings. The van der Waals surface area contributed by atoms with Crippen LogP contribution in [0.5, 0.6) is 0 Å². The molecule has 0 spiro atoms. The van der Waals surface area contributed by atoms with E-state index in [-0.39, 0.29) is 4.90 Å². The third kappa shape index (κ3) is 2.59. The third-order valence-electron chi connectivity index (χ3n) is 1.51. The maximum atomic E-state index is 11.6. The fourth-order valence-electron chi connectivity index (χ4n) is 0.829. The number of hydrogen-bond donors (Lipinski definition) is 0. The number of aryl methyl sites for hydroxylation is 1. The standard InChI is InChI=1S/C10H10O3S/c1-3-8-13-14(11,12)10-6-4-9(2)5-7-10/h1,4-7H,8H2,2H3/i1D,8D2. The highest BCUT2D eigenvalue weighted by molar-refractivity contribution is 7.86. The molecule has 0 unspecified atom stereocenters. The second kappa shape index (κ2) is 4.27. The number of benzene rings is 1. The fraction of sp³-hybridized carbons (Fsp3) is 0.200. The van der Waals surface area contributed by atoms with Gasteiger partial charge >= 0.3 is 0 Å². The Balaban J connectivity index is 3.04. The van der Waals surface area contributed by atoms with Crippen molar-refractivity contribution in [2.75, 3.05) is 6.56 Å². The molecule has 0 aromatic heterocycles. The molecule has 4 heteroatoms. The quantitative estimate of drug-likeness (QED) is 0.562. The van der Waals surface area contributed by atoms with Crippen LogP contribution in [-0.4, -0.2) is 15.0 Å². The van der Waals surface area contributed by atoms with E-state index in [1.54, 1.807) is 25.0 Å². The predicted molar refractivity (Wildman–Crippen MR) is 53.1 cm³/mol. The van der Waals surface area contributed by atoms with Crippen molar-refractivity contribution in [3.8, 4) is 12.3 Å². The van der Waals surface area contributed by atoms with E-state index in [2.05, 4.69) is 4.18 Å². The van der Waals surface area contributed by atoms with Gasteiger partial charge < -0.3 is 0 Å². The maximum absolute atomic E-state index is 11.6. The molecule has 0 bridgehead atoms. The molecule has 0 amide bonds. The third-order valence-corrected chi connectivity index (χ3v) is 2.66. The largest absolute Gasteiger partial charge is 0.297 e. The van der Waals surface area contributed by atoms with E-state index in [0.717, 1.165) is 5.56 Å². The second-order valence-electron chi connectivity index (χ2n) is 2.58. The van der Waals surface area contributed by atoms with Crippen LogP contribution in [0.15, 0.2) is 29.2 Å². The van der Waals surface area contributed by atoms with E-state index < -0.39 is 16.7 Å². The Morgan fingerprint density at radius 3 is 2.79 bits per heavy atom. The van der Waals surface area contributed by atoms with E-state index >= 15 is 0 Å². The van der Waals surface area contributed by atoms with Crippen molar-refractivity contribution < 1.29 is 16.7 Å². The van der Waals surface area contributed by atoms with Crippen LogP contribution in [0.1, 0.15) is 9.68 Å². The summed E-state index contributed by atoms with van der Waals surface area (Å²) in [7, 11) is -4.22. The highest BCUT2D eigenvalue weighted by Crippen LogP contribution is 2.12. The summed E-state index contributed by atoms with van der Waals surface area (Å²) in [4.78, 5) is -0.154. The summed E-state index contributed by atoms with van der Waals surface area (Å²) >= 11 is 0. The van der Waals surface area contributed by atoms with Crippen LogP contribution in [0.3, 0.4) is 0 Å². The topological polar surface area (TPSA) is 43.4 Å². The van der Waals surface area contributed by atoms with E-state index in [0.29, 0.717) is 0 Å². The van der Waals surface area contributed by atoms with Gasteiger partial charge in [-0.3, -0.25) is 4.18 Å². The normalized spacial score (nSPS) is 14.5. The molecule has 0 saturated carbocycles. The lowest BCUT2D eigenvalue weighted by Gasteiger charge is -2.02. The highest BCUT2D eigenvalue weighted by Gasteiger charge is 2.13. The van der Waals surface area contributed by atoms with Crippen LogP contribution >= 0.6 is 0 Å². The molecule has 1 aromatic rings. The monoisotopic (exact) mass is 213 g/mol. The second-order valence-corrected chi connectivity index (χ2v) is 4.12. The summed E-state index contributed by atoms with van der Waals surface area (Å²) in [5.74, 6) is 1.71. The lowest BCUT2D eigenvalue weighted by atomic mass is 10.2. The van der Waals surface area contributed by atoms with Crippen molar-refractivity contribution in [3.05, 3.63) is 29.8 Å². The van der Waals surface area contributed by atoms with Crippen molar-refractivity contribution in [1.29, 1.82) is 0 Å². The number of hydrogen-bond acceptors (Lipinski definition) is 3. The Labute approximate surface area is 88.1 Å². The van der Waals surface area contributed by atoms with E-state index in [9.17, 15) is 8.42 Å². The average molecular weight is 213 g/mol. The zero-order valence-corrected chi connectivity index (χ0v) is 8.26. The van der Waals surface area contributed by atoms with Gasteiger partial charge in [-0.05, 0) is 19.1 Å². The first kappa shape index (κ1) is 7.04. The van der Waals surface area contributed by atoms with Crippen LogP contribution < -0.4 is 0 Å². The minimum Gasteiger partial charge on any atom is -0.253 e. The van der Waals surface area contributed by atoms with Gasteiger partial charge in [0.15, 0.2) is 0 Å². The van der Waals surface area contributed by atoms with Crippen LogP contribution in [0.4, 0.5) is 0 Å². The predicted octanol–water partition coefficient (Wildman–Crippen LogP) is 1.33. The molecule has 0 N–H and O–H groups in total. The highest BCUT2D eigenvalue weighted by atomic mass is 32.2. The van der Waals surface area contributed by atoms with Gasteiger partial charge in [-0.2, -0.15) is 8.42 Å². The first-order valence-corrected chi connectivity index (χ1v) is 5.14. The first-order valence-electron chi connectivity index (χ1n) is 5.23. The molecule has 0 aliphatic carbocycles. The van der Waals surface area contributed by atoms with Gasteiger partial charge in [0.1, 0.15) is 7.93 Å². The van der Waals surface area contributed by atoms with E-state index in [1.165, 1.54) is 18.5 Å². The Hall–Kier alpha value is -1.31. The molecule has 3 nitrogen and oxygen atoms in total.